The van der Waals surface area contributed by atoms with Crippen molar-refractivity contribution >= 4 is 32.3 Å². The highest BCUT2D eigenvalue weighted by Crippen LogP contribution is 2.61. The van der Waals surface area contributed by atoms with E-state index in [2.05, 4.69) is 342 Å². The Morgan fingerprint density at radius 3 is 1.25 bits per heavy atom. The van der Waals surface area contributed by atoms with E-state index in [4.69, 9.17) is 4.11 Å². The van der Waals surface area contributed by atoms with Gasteiger partial charge in [0.1, 0.15) is 21.1 Å². The summed E-state index contributed by atoms with van der Waals surface area (Å²) in [6.07, 6.45) is 16.5. The van der Waals surface area contributed by atoms with Crippen molar-refractivity contribution in [2.75, 3.05) is 0 Å². The standard InChI is InChI=1S/C37H38N.C36H42N.C35H40N/c1-23-13-15-27(16-14-23)32-22-38(8)34(20-25(32)3)30-21-33-31(19-24(30)2)29-18-17-26-11-9-10-12-28(26)35(29)37(6,7)36(33,4)5;1-23-17-20-30-33(32(23)31-21-24(2)29(22-37(31)7)25-13-9-8-10-14-25)28-19-18-26-15-11-12-16-27(26)34(28)36(5,6)35(30,3)4;1-22-16-17-29-33(32(22)31-18-23(2)28(21-36(31)7)24-12-8-9-13-24)27-19-25-14-10-11-15-26(25)20-30(27)35(5,6)34(29,3)4/h9-22H,1-8H3;11-12,15-22,25H,8-10,13-14H2,1-7H3;10-11,14-21,24H,8-9,12-13H2,1-7H3/q3*+1/i1D3;25D;24D. The lowest BCUT2D eigenvalue weighted by molar-refractivity contribution is -0.661. The van der Waals surface area contributed by atoms with Crippen molar-refractivity contribution in [2.24, 2.45) is 21.1 Å². The molecule has 0 N–H and O–H groups in total. The molecule has 2 saturated carbocycles. The molecule has 564 valence electrons. The van der Waals surface area contributed by atoms with Crippen LogP contribution in [0.2, 0.25) is 0 Å². The minimum Gasteiger partial charge on any atom is -0.201 e. The summed E-state index contributed by atoms with van der Waals surface area (Å²) >= 11 is 0. The Kier molecular flexibility index (Phi) is 17.3. The molecule has 0 radical (unpaired) electrons. The van der Waals surface area contributed by atoms with Crippen molar-refractivity contribution in [1.29, 1.82) is 0 Å². The van der Waals surface area contributed by atoms with Gasteiger partial charge in [-0.05, 0) is 264 Å². The molecule has 0 amide bonds. The van der Waals surface area contributed by atoms with Crippen molar-refractivity contribution in [3.8, 4) is 78.3 Å². The maximum absolute atomic E-state index is 9.32. The third-order valence-electron chi connectivity index (χ3n) is 29.2. The largest absolute Gasteiger partial charge is 0.213 e. The van der Waals surface area contributed by atoms with Gasteiger partial charge in [0.15, 0.2) is 18.6 Å². The molecule has 3 aromatic heterocycles. The Hall–Kier alpha value is -9.57. The molecule has 5 aliphatic rings. The molecule has 3 heterocycles. The number of hydrogen-bond acceptors (Lipinski definition) is 0. The van der Waals surface area contributed by atoms with E-state index in [1.54, 1.807) is 12.1 Å². The van der Waals surface area contributed by atoms with E-state index in [1.165, 1.54) is 178 Å². The average molecular weight is 1470 g/mol. The van der Waals surface area contributed by atoms with E-state index in [9.17, 15) is 2.74 Å². The molecule has 18 rings (SSSR count). The number of pyridine rings is 3. The van der Waals surface area contributed by atoms with Crippen LogP contribution in [0, 0.1) is 48.4 Å². The lowest BCUT2D eigenvalue weighted by atomic mass is 9.54. The first-order chi connectivity index (χ1) is 54.6. The predicted octanol–water partition coefficient (Wildman–Crippen LogP) is 27.2. The SMILES string of the molecule is [2H]C([2H])([2H])c1ccc(-c2c[n+](C)c(-c3cc4c(cc3C)-c3ccc5ccccc5c3C(C)(C)C4(C)C)cc2C)cc1.[2H]C1(c2c[n+](C)c(-c3c(C)ccc4c3-c3cc5ccccc5cc3C(C)(C)C4(C)C)cc2C)CCCC1.[2H]C1(c2c[n+](C)c(-c3c(C)ccc4c3-c3ccc5ccccc5c3C(C)(C)C4(C)C)cc2C)CCCCC1. The van der Waals surface area contributed by atoms with E-state index in [1.807, 2.05) is 12.1 Å². The van der Waals surface area contributed by atoms with Crippen LogP contribution in [0.5, 0.6) is 0 Å². The minimum atomic E-state index is -2.10. The van der Waals surface area contributed by atoms with E-state index < -0.39 is 18.6 Å². The van der Waals surface area contributed by atoms with Crippen molar-refractivity contribution in [3.05, 3.63) is 290 Å². The Balaban J connectivity index is 0.000000131. The Labute approximate surface area is 672 Å². The second-order valence-corrected chi connectivity index (χ2v) is 37.1. The van der Waals surface area contributed by atoms with Crippen LogP contribution >= 0.6 is 0 Å². The molecule has 111 heavy (non-hydrogen) atoms. The molecule has 0 spiro atoms. The minimum absolute atomic E-state index is 0.0199. The summed E-state index contributed by atoms with van der Waals surface area (Å²) in [7, 11) is 6.46. The van der Waals surface area contributed by atoms with E-state index in [0.29, 0.717) is 5.56 Å². The average Bonchev–Trinajstić information content (AvgIpc) is 0.872. The van der Waals surface area contributed by atoms with Crippen LogP contribution in [-0.4, -0.2) is 0 Å². The van der Waals surface area contributed by atoms with Gasteiger partial charge in [0.2, 0.25) is 17.1 Å². The predicted molar refractivity (Wildman–Crippen MR) is 472 cm³/mol. The topological polar surface area (TPSA) is 11.6 Å². The summed E-state index contributed by atoms with van der Waals surface area (Å²) in [5.74, 6) is -0.898. The zero-order valence-corrected chi connectivity index (χ0v) is 70.3. The van der Waals surface area contributed by atoms with Crippen LogP contribution in [0.3, 0.4) is 0 Å². The second kappa shape index (κ2) is 27.7. The quantitative estimate of drug-likeness (QED) is 0.147. The molecule has 0 aliphatic heterocycles. The zero-order valence-electron chi connectivity index (χ0n) is 75.3. The van der Waals surface area contributed by atoms with Gasteiger partial charge in [-0.2, -0.15) is 0 Å². The fourth-order valence-electron chi connectivity index (χ4n) is 20.7. The van der Waals surface area contributed by atoms with Gasteiger partial charge in [-0.25, -0.2) is 13.7 Å². The highest BCUT2D eigenvalue weighted by Gasteiger charge is 2.51. The lowest BCUT2D eigenvalue weighted by Crippen LogP contribution is -2.44. The maximum Gasteiger partial charge on any atom is 0.213 e. The molecular weight excluding hydrogens is 1340 g/mol. The highest BCUT2D eigenvalue weighted by atomic mass is 14.9. The summed E-state index contributed by atoms with van der Waals surface area (Å²) in [5, 5.41) is 7.93. The lowest BCUT2D eigenvalue weighted by Gasteiger charge is -2.49. The molecular formula is C108H120N3+3. The summed E-state index contributed by atoms with van der Waals surface area (Å²) in [6, 6.07) is 69.1. The van der Waals surface area contributed by atoms with Gasteiger partial charge in [0.25, 0.3) is 0 Å². The van der Waals surface area contributed by atoms with Crippen molar-refractivity contribution in [2.45, 2.75) is 234 Å². The second-order valence-electron chi connectivity index (χ2n) is 37.1. The van der Waals surface area contributed by atoms with E-state index >= 15 is 0 Å². The number of hydrogen-bond donors (Lipinski definition) is 0. The van der Waals surface area contributed by atoms with Gasteiger partial charge in [0.05, 0.1) is 11.1 Å². The van der Waals surface area contributed by atoms with E-state index in [0.717, 1.165) is 68.1 Å². The van der Waals surface area contributed by atoms with Crippen LogP contribution in [0.4, 0.5) is 0 Å². The molecule has 10 aromatic carbocycles. The van der Waals surface area contributed by atoms with Crippen LogP contribution in [0.25, 0.3) is 111 Å². The number of aryl methyl sites for hydroxylation is 10. The fourth-order valence-corrected chi connectivity index (χ4v) is 20.7. The number of rotatable bonds is 6. The number of nitrogens with zero attached hydrogens (tertiary/aromatic N) is 3. The fraction of sp³-hybridized carbons (Fsp3) is 0.361. The van der Waals surface area contributed by atoms with Crippen molar-refractivity contribution in [1.82, 2.24) is 0 Å². The molecule has 5 aliphatic carbocycles. The number of fused-ring (bicyclic) bond motifs is 14. The van der Waals surface area contributed by atoms with Crippen LogP contribution < -0.4 is 13.7 Å². The third kappa shape index (κ3) is 12.1. The first-order valence-corrected chi connectivity index (χ1v) is 41.3. The number of aromatic nitrogens is 3. The smallest absolute Gasteiger partial charge is 0.201 e. The normalized spacial score (nSPS) is 18.7. The molecule has 0 saturated heterocycles. The molecule has 0 atom stereocenters. The first kappa shape index (κ1) is 69.4. The van der Waals surface area contributed by atoms with Crippen LogP contribution in [0.1, 0.15) is 243 Å². The van der Waals surface area contributed by atoms with Gasteiger partial charge >= 0.3 is 0 Å². The summed E-state index contributed by atoms with van der Waals surface area (Å²) in [5.41, 5.74) is 36.4. The van der Waals surface area contributed by atoms with Crippen molar-refractivity contribution in [3.63, 3.8) is 0 Å². The number of benzene rings is 10. The summed E-state index contributed by atoms with van der Waals surface area (Å²) < 4.78 is 48.4. The Bertz CT molecular complexity index is 6180. The van der Waals surface area contributed by atoms with Crippen LogP contribution in [-0.2, 0) is 53.6 Å². The summed E-state index contributed by atoms with van der Waals surface area (Å²) in [6.45, 7) is 40.2. The van der Waals surface area contributed by atoms with E-state index in [-0.39, 0.29) is 32.5 Å². The van der Waals surface area contributed by atoms with Gasteiger partial charge < -0.3 is 0 Å². The van der Waals surface area contributed by atoms with Gasteiger partial charge in [-0.3, -0.25) is 0 Å². The third-order valence-corrected chi connectivity index (χ3v) is 29.2. The highest BCUT2D eigenvalue weighted by molar-refractivity contribution is 6.01. The van der Waals surface area contributed by atoms with Gasteiger partial charge in [-0.1, -0.05) is 272 Å². The molecule has 13 aromatic rings. The molecule has 0 bridgehead atoms. The molecule has 2 fully saturated rings. The molecule has 3 nitrogen and oxygen atoms in total. The first-order valence-electron chi connectivity index (χ1n) is 43.8. The monoisotopic (exact) mass is 1460 g/mol. The Morgan fingerprint density at radius 1 is 0.306 bits per heavy atom. The summed E-state index contributed by atoms with van der Waals surface area (Å²) in [4.78, 5) is 0. The molecule has 0 unspecified atom stereocenters. The molecule has 3 heteroatoms. The van der Waals surface area contributed by atoms with Crippen molar-refractivity contribution < 1.29 is 20.6 Å². The van der Waals surface area contributed by atoms with Gasteiger partial charge in [-0.15, -0.1) is 0 Å². The Morgan fingerprint density at radius 2 is 0.721 bits per heavy atom. The van der Waals surface area contributed by atoms with Gasteiger partial charge in [0, 0.05) is 58.1 Å². The zero-order chi connectivity index (χ0) is 82.8. The maximum atomic E-state index is 9.32. The van der Waals surface area contributed by atoms with Crippen LogP contribution in [0.15, 0.2) is 207 Å².